The minimum absolute atomic E-state index is 0.324. The van der Waals surface area contributed by atoms with Crippen molar-refractivity contribution in [1.82, 2.24) is 5.16 Å². The van der Waals surface area contributed by atoms with Crippen molar-refractivity contribution in [1.29, 1.82) is 0 Å². The zero-order valence-electron chi connectivity index (χ0n) is 9.56. The van der Waals surface area contributed by atoms with Gasteiger partial charge in [-0.2, -0.15) is 0 Å². The van der Waals surface area contributed by atoms with E-state index in [2.05, 4.69) is 21.1 Å². The average Bonchev–Trinajstić information content (AvgIpc) is 2.97. The van der Waals surface area contributed by atoms with Crippen LogP contribution in [0.1, 0.15) is 0 Å². The standard InChI is InChI=1S/C13H8BrClN2O2/c14-12-9(5-6-18-12)11-10(13(16)17-19-11)7-1-3-8(15)4-2-7/h1-6H,(H2,16,17). The van der Waals surface area contributed by atoms with Crippen molar-refractivity contribution in [2.75, 3.05) is 5.73 Å². The third-order valence-electron chi connectivity index (χ3n) is 2.71. The van der Waals surface area contributed by atoms with E-state index in [4.69, 9.17) is 26.3 Å². The molecule has 0 aliphatic carbocycles. The minimum Gasteiger partial charge on any atom is -0.457 e. The lowest BCUT2D eigenvalue weighted by atomic mass is 10.0. The van der Waals surface area contributed by atoms with Gasteiger partial charge in [0.1, 0.15) is 0 Å². The average molecular weight is 340 g/mol. The molecular formula is C13H8BrClN2O2. The predicted molar refractivity (Wildman–Crippen MR) is 76.8 cm³/mol. The van der Waals surface area contributed by atoms with E-state index in [0.717, 1.165) is 16.7 Å². The van der Waals surface area contributed by atoms with Gasteiger partial charge in [0.2, 0.25) is 0 Å². The molecule has 2 N–H and O–H groups in total. The molecular weight excluding hydrogens is 332 g/mol. The molecule has 0 aliphatic heterocycles. The van der Waals surface area contributed by atoms with E-state index in [1.807, 2.05) is 12.1 Å². The molecule has 0 fully saturated rings. The molecule has 0 unspecified atom stereocenters. The molecule has 2 aromatic heterocycles. The van der Waals surface area contributed by atoms with Crippen LogP contribution in [0.2, 0.25) is 5.02 Å². The van der Waals surface area contributed by atoms with Gasteiger partial charge in [0, 0.05) is 5.02 Å². The van der Waals surface area contributed by atoms with E-state index in [1.165, 1.54) is 0 Å². The number of benzene rings is 1. The first-order valence-corrected chi connectivity index (χ1v) is 6.58. The van der Waals surface area contributed by atoms with Crippen molar-refractivity contribution in [3.05, 3.63) is 46.3 Å². The second-order valence-electron chi connectivity index (χ2n) is 3.89. The van der Waals surface area contributed by atoms with Crippen molar-refractivity contribution >= 4 is 33.3 Å². The molecule has 4 nitrogen and oxygen atoms in total. The topological polar surface area (TPSA) is 65.2 Å². The van der Waals surface area contributed by atoms with Gasteiger partial charge in [-0.15, -0.1) is 0 Å². The number of rotatable bonds is 2. The van der Waals surface area contributed by atoms with Crippen LogP contribution in [0.25, 0.3) is 22.5 Å². The highest BCUT2D eigenvalue weighted by atomic mass is 79.9. The first-order chi connectivity index (χ1) is 9.16. The van der Waals surface area contributed by atoms with Gasteiger partial charge in [0.05, 0.1) is 17.4 Å². The van der Waals surface area contributed by atoms with Gasteiger partial charge < -0.3 is 14.7 Å². The summed E-state index contributed by atoms with van der Waals surface area (Å²) >= 11 is 9.20. The largest absolute Gasteiger partial charge is 0.457 e. The summed E-state index contributed by atoms with van der Waals surface area (Å²) in [6, 6.07) is 9.09. The van der Waals surface area contributed by atoms with Gasteiger partial charge in [-0.3, -0.25) is 0 Å². The van der Waals surface area contributed by atoms with E-state index < -0.39 is 0 Å². The number of nitrogens with zero attached hydrogens (tertiary/aromatic N) is 1. The van der Waals surface area contributed by atoms with Crippen LogP contribution in [0, 0.1) is 0 Å². The van der Waals surface area contributed by atoms with E-state index in [-0.39, 0.29) is 0 Å². The molecule has 0 amide bonds. The van der Waals surface area contributed by atoms with E-state index >= 15 is 0 Å². The molecule has 3 rings (SSSR count). The van der Waals surface area contributed by atoms with Crippen LogP contribution < -0.4 is 5.73 Å². The number of furan rings is 1. The van der Waals surface area contributed by atoms with Crippen LogP contribution in [-0.4, -0.2) is 5.16 Å². The summed E-state index contributed by atoms with van der Waals surface area (Å²) in [6.45, 7) is 0. The number of nitrogen functional groups attached to an aromatic ring is 1. The third-order valence-corrected chi connectivity index (χ3v) is 3.58. The molecule has 6 heteroatoms. The second-order valence-corrected chi connectivity index (χ2v) is 5.04. The third kappa shape index (κ3) is 2.15. The Morgan fingerprint density at radius 1 is 1.16 bits per heavy atom. The van der Waals surface area contributed by atoms with Crippen LogP contribution in [0.15, 0.2) is 50.2 Å². The SMILES string of the molecule is Nc1noc(-c2ccoc2Br)c1-c1ccc(Cl)cc1. The summed E-state index contributed by atoms with van der Waals surface area (Å²) < 4.78 is 11.1. The van der Waals surface area contributed by atoms with Crippen LogP contribution in [0.4, 0.5) is 5.82 Å². The fraction of sp³-hybridized carbons (Fsp3) is 0. The summed E-state index contributed by atoms with van der Waals surface area (Å²) in [5, 5.41) is 4.48. The summed E-state index contributed by atoms with van der Waals surface area (Å²) in [5.74, 6) is 0.880. The Morgan fingerprint density at radius 2 is 1.89 bits per heavy atom. The van der Waals surface area contributed by atoms with E-state index in [1.54, 1.807) is 24.5 Å². The summed E-state index contributed by atoms with van der Waals surface area (Å²) in [6.07, 6.45) is 1.56. The molecule has 19 heavy (non-hydrogen) atoms. The van der Waals surface area contributed by atoms with E-state index in [9.17, 15) is 0 Å². The summed E-state index contributed by atoms with van der Waals surface area (Å²) in [5.41, 5.74) is 8.24. The van der Waals surface area contributed by atoms with Gasteiger partial charge in [0.25, 0.3) is 0 Å². The predicted octanol–water partition coefficient (Wildman–Crippen LogP) is 4.60. The normalized spacial score (nSPS) is 10.8. The van der Waals surface area contributed by atoms with Gasteiger partial charge in [-0.25, -0.2) is 0 Å². The number of anilines is 1. The van der Waals surface area contributed by atoms with Gasteiger partial charge >= 0.3 is 0 Å². The van der Waals surface area contributed by atoms with Crippen molar-refractivity contribution in [3.63, 3.8) is 0 Å². The maximum Gasteiger partial charge on any atom is 0.181 e. The highest BCUT2D eigenvalue weighted by Gasteiger charge is 2.20. The Hall–Kier alpha value is -1.72. The lowest BCUT2D eigenvalue weighted by molar-refractivity contribution is 0.434. The Kier molecular flexibility index (Phi) is 3.08. The molecule has 0 saturated carbocycles. The Morgan fingerprint density at radius 3 is 2.53 bits per heavy atom. The number of aromatic nitrogens is 1. The molecule has 0 bridgehead atoms. The van der Waals surface area contributed by atoms with E-state index in [0.29, 0.717) is 21.3 Å². The van der Waals surface area contributed by atoms with Gasteiger partial charge in [-0.1, -0.05) is 28.9 Å². The highest BCUT2D eigenvalue weighted by molar-refractivity contribution is 9.10. The molecule has 96 valence electrons. The quantitative estimate of drug-likeness (QED) is 0.741. The Bertz CT molecular complexity index is 719. The fourth-order valence-electron chi connectivity index (χ4n) is 1.84. The number of hydrogen-bond donors (Lipinski definition) is 1. The Balaban J connectivity index is 2.19. The lowest BCUT2D eigenvalue weighted by Gasteiger charge is -2.01. The maximum absolute atomic E-state index is 5.88. The van der Waals surface area contributed by atoms with Crippen LogP contribution in [0.3, 0.4) is 0 Å². The molecule has 0 radical (unpaired) electrons. The first-order valence-electron chi connectivity index (χ1n) is 5.41. The fourth-order valence-corrected chi connectivity index (χ4v) is 2.38. The zero-order chi connectivity index (χ0) is 13.4. The zero-order valence-corrected chi connectivity index (χ0v) is 11.9. The number of hydrogen-bond acceptors (Lipinski definition) is 4. The monoisotopic (exact) mass is 338 g/mol. The molecule has 1 aromatic carbocycles. The van der Waals surface area contributed by atoms with Crippen LogP contribution in [-0.2, 0) is 0 Å². The Labute approximate surface area is 122 Å². The van der Waals surface area contributed by atoms with Crippen molar-refractivity contribution in [3.8, 4) is 22.5 Å². The van der Waals surface area contributed by atoms with Gasteiger partial charge in [0.15, 0.2) is 16.2 Å². The van der Waals surface area contributed by atoms with Crippen molar-refractivity contribution < 1.29 is 8.94 Å². The molecule has 0 atom stereocenters. The molecule has 2 heterocycles. The summed E-state index contributed by atoms with van der Waals surface area (Å²) in [7, 11) is 0. The number of halogens is 2. The van der Waals surface area contributed by atoms with Crippen molar-refractivity contribution in [2.24, 2.45) is 0 Å². The lowest BCUT2D eigenvalue weighted by Crippen LogP contribution is -1.88. The molecule has 0 spiro atoms. The molecule has 0 aliphatic rings. The minimum atomic E-state index is 0.324. The summed E-state index contributed by atoms with van der Waals surface area (Å²) in [4.78, 5) is 0. The molecule has 3 aromatic rings. The van der Waals surface area contributed by atoms with Gasteiger partial charge in [-0.05, 0) is 39.7 Å². The number of nitrogens with two attached hydrogens (primary N) is 1. The van der Waals surface area contributed by atoms with Crippen molar-refractivity contribution in [2.45, 2.75) is 0 Å². The second kappa shape index (κ2) is 4.75. The molecule has 0 saturated heterocycles. The maximum atomic E-state index is 5.88. The van der Waals surface area contributed by atoms with Crippen LogP contribution >= 0.6 is 27.5 Å². The smallest absolute Gasteiger partial charge is 0.181 e. The highest BCUT2D eigenvalue weighted by Crippen LogP contribution is 2.40. The first kappa shape index (κ1) is 12.3. The van der Waals surface area contributed by atoms with Crippen LogP contribution in [0.5, 0.6) is 0 Å².